The molecule has 0 aliphatic carbocycles. The van der Waals surface area contributed by atoms with E-state index in [1.165, 1.54) is 0 Å². The van der Waals surface area contributed by atoms with Crippen LogP contribution in [-0.2, 0) is 0 Å². The van der Waals surface area contributed by atoms with Crippen molar-refractivity contribution in [2.24, 2.45) is 0 Å². The number of rotatable bonds is 5. The Morgan fingerprint density at radius 2 is 1.91 bits per heavy atom. The van der Waals surface area contributed by atoms with Crippen molar-refractivity contribution in [3.05, 3.63) is 29.3 Å². The first kappa shape index (κ1) is 16.7. The second-order valence-electron chi connectivity index (χ2n) is 5.68. The Morgan fingerprint density at radius 1 is 1.32 bits per heavy atom. The highest BCUT2D eigenvalue weighted by Gasteiger charge is 2.26. The van der Waals surface area contributed by atoms with Gasteiger partial charge in [-0.1, -0.05) is 0 Å². The van der Waals surface area contributed by atoms with Crippen LogP contribution in [0.4, 0.5) is 14.5 Å². The Morgan fingerprint density at radius 3 is 2.41 bits per heavy atom. The van der Waals surface area contributed by atoms with Crippen LogP contribution in [0.2, 0.25) is 0 Å². The van der Waals surface area contributed by atoms with E-state index in [2.05, 4.69) is 4.90 Å². The number of anilines is 1. The molecule has 1 aliphatic rings. The van der Waals surface area contributed by atoms with Gasteiger partial charge in [0, 0.05) is 32.3 Å². The molecular formula is C16H21F2N3O. The molecule has 0 atom stereocenters. The summed E-state index contributed by atoms with van der Waals surface area (Å²) in [4.78, 5) is 3.90. The van der Waals surface area contributed by atoms with Gasteiger partial charge in [-0.3, -0.25) is 0 Å². The van der Waals surface area contributed by atoms with Crippen molar-refractivity contribution in [2.45, 2.75) is 25.3 Å². The van der Waals surface area contributed by atoms with Crippen molar-refractivity contribution in [2.75, 3.05) is 38.2 Å². The summed E-state index contributed by atoms with van der Waals surface area (Å²) in [5, 5.41) is 17.6. The lowest BCUT2D eigenvalue weighted by Crippen LogP contribution is -2.44. The van der Waals surface area contributed by atoms with Crippen LogP contribution in [0.15, 0.2) is 12.1 Å². The van der Waals surface area contributed by atoms with Gasteiger partial charge in [-0.15, -0.1) is 0 Å². The number of nitrogens with zero attached hydrogens (tertiary/aromatic N) is 3. The summed E-state index contributed by atoms with van der Waals surface area (Å²) in [6.07, 6.45) is 2.37. The standard InChI is InChI=1S/C16H21F2N3O/c1-20(5-2-8-22)13-3-6-21(7-4-13)16-14(17)9-12(11-19)10-15(16)18/h9-10,13,22H,2-8H2,1H3. The fourth-order valence-electron chi connectivity index (χ4n) is 2.97. The van der Waals surface area contributed by atoms with Crippen LogP contribution in [-0.4, -0.2) is 49.3 Å². The minimum atomic E-state index is -0.677. The lowest BCUT2D eigenvalue weighted by Gasteiger charge is -2.38. The zero-order valence-electron chi connectivity index (χ0n) is 12.7. The lowest BCUT2D eigenvalue weighted by atomic mass is 10.0. The molecule has 1 aromatic carbocycles. The monoisotopic (exact) mass is 309 g/mol. The van der Waals surface area contributed by atoms with Gasteiger partial charge in [0.05, 0.1) is 11.6 Å². The zero-order valence-corrected chi connectivity index (χ0v) is 12.7. The Balaban J connectivity index is 2.02. The first-order chi connectivity index (χ1) is 10.6. The van der Waals surface area contributed by atoms with Gasteiger partial charge in [0.15, 0.2) is 11.6 Å². The summed E-state index contributed by atoms with van der Waals surface area (Å²) in [6.45, 7) is 2.15. The van der Waals surface area contributed by atoms with E-state index in [1.807, 2.05) is 7.05 Å². The topological polar surface area (TPSA) is 50.5 Å². The molecule has 0 amide bonds. The van der Waals surface area contributed by atoms with E-state index < -0.39 is 11.6 Å². The molecule has 6 heteroatoms. The molecule has 1 aromatic rings. The molecule has 0 spiro atoms. The highest BCUT2D eigenvalue weighted by Crippen LogP contribution is 2.28. The van der Waals surface area contributed by atoms with Crippen molar-refractivity contribution < 1.29 is 13.9 Å². The number of nitriles is 1. The molecule has 2 rings (SSSR count). The fraction of sp³-hybridized carbons (Fsp3) is 0.562. The number of hydrogen-bond donors (Lipinski definition) is 1. The fourth-order valence-corrected chi connectivity index (χ4v) is 2.97. The molecule has 1 saturated heterocycles. The van der Waals surface area contributed by atoms with Gasteiger partial charge in [0.2, 0.25) is 0 Å². The average molecular weight is 309 g/mol. The van der Waals surface area contributed by atoms with Crippen LogP contribution in [0.25, 0.3) is 0 Å². The summed E-state index contributed by atoms with van der Waals surface area (Å²) in [5.41, 5.74) is -0.0344. The summed E-state index contributed by atoms with van der Waals surface area (Å²) < 4.78 is 28.1. The summed E-state index contributed by atoms with van der Waals surface area (Å²) in [7, 11) is 2.01. The minimum absolute atomic E-state index is 0.00243. The minimum Gasteiger partial charge on any atom is -0.396 e. The van der Waals surface area contributed by atoms with Crippen LogP contribution in [0.1, 0.15) is 24.8 Å². The highest BCUT2D eigenvalue weighted by atomic mass is 19.1. The van der Waals surface area contributed by atoms with Crippen LogP contribution in [0, 0.1) is 23.0 Å². The molecule has 1 fully saturated rings. The Labute approximate surface area is 129 Å². The second-order valence-corrected chi connectivity index (χ2v) is 5.68. The van der Waals surface area contributed by atoms with Crippen LogP contribution in [0.3, 0.4) is 0 Å². The molecule has 120 valence electrons. The van der Waals surface area contributed by atoms with E-state index in [4.69, 9.17) is 10.4 Å². The summed E-state index contributed by atoms with van der Waals surface area (Å²) in [5.74, 6) is -1.35. The Bertz CT molecular complexity index is 528. The van der Waals surface area contributed by atoms with E-state index in [1.54, 1.807) is 11.0 Å². The molecule has 0 aromatic heterocycles. The summed E-state index contributed by atoms with van der Waals surface area (Å²) >= 11 is 0. The molecule has 1 heterocycles. The van der Waals surface area contributed by atoms with Crippen molar-refractivity contribution in [1.29, 1.82) is 5.26 Å². The maximum absolute atomic E-state index is 14.0. The molecule has 0 unspecified atom stereocenters. The van der Waals surface area contributed by atoms with Crippen molar-refractivity contribution in [3.63, 3.8) is 0 Å². The summed E-state index contributed by atoms with van der Waals surface area (Å²) in [6, 6.07) is 4.29. The molecule has 1 N–H and O–H groups in total. The Hall–Kier alpha value is -1.71. The maximum Gasteiger partial charge on any atom is 0.150 e. The largest absolute Gasteiger partial charge is 0.396 e. The van der Waals surface area contributed by atoms with E-state index >= 15 is 0 Å². The van der Waals surface area contributed by atoms with Crippen molar-refractivity contribution in [1.82, 2.24) is 4.90 Å². The molecule has 22 heavy (non-hydrogen) atoms. The number of hydrogen-bond acceptors (Lipinski definition) is 4. The predicted octanol–water partition coefficient (Wildman–Crippen LogP) is 2.12. The first-order valence-electron chi connectivity index (χ1n) is 7.52. The Kier molecular flexibility index (Phi) is 5.69. The van der Waals surface area contributed by atoms with E-state index in [0.29, 0.717) is 19.1 Å². The quantitative estimate of drug-likeness (QED) is 0.905. The molecule has 0 bridgehead atoms. The van der Waals surface area contributed by atoms with Crippen molar-refractivity contribution in [3.8, 4) is 6.07 Å². The van der Waals surface area contributed by atoms with Gasteiger partial charge >= 0.3 is 0 Å². The smallest absolute Gasteiger partial charge is 0.150 e. The molecule has 4 nitrogen and oxygen atoms in total. The predicted molar refractivity (Wildman–Crippen MR) is 80.6 cm³/mol. The van der Waals surface area contributed by atoms with E-state index in [0.717, 1.165) is 37.9 Å². The van der Waals surface area contributed by atoms with Crippen LogP contribution >= 0.6 is 0 Å². The van der Waals surface area contributed by atoms with E-state index in [9.17, 15) is 8.78 Å². The number of aliphatic hydroxyl groups excluding tert-OH is 1. The SMILES string of the molecule is CN(CCCO)C1CCN(c2c(F)cc(C#N)cc2F)CC1. The van der Waals surface area contributed by atoms with Crippen molar-refractivity contribution >= 4 is 5.69 Å². The first-order valence-corrected chi connectivity index (χ1v) is 7.52. The lowest BCUT2D eigenvalue weighted by molar-refractivity contribution is 0.184. The van der Waals surface area contributed by atoms with Gasteiger partial charge in [-0.2, -0.15) is 5.26 Å². The molecular weight excluding hydrogens is 288 g/mol. The van der Waals surface area contributed by atoms with Gasteiger partial charge in [-0.25, -0.2) is 8.78 Å². The number of benzene rings is 1. The number of aliphatic hydroxyl groups is 1. The van der Waals surface area contributed by atoms with Gasteiger partial charge in [-0.05, 0) is 38.4 Å². The molecule has 1 aliphatic heterocycles. The third-order valence-electron chi connectivity index (χ3n) is 4.22. The molecule has 0 saturated carbocycles. The van der Waals surface area contributed by atoms with Crippen LogP contribution in [0.5, 0.6) is 0 Å². The normalized spacial score (nSPS) is 16.1. The number of piperidine rings is 1. The van der Waals surface area contributed by atoms with Crippen LogP contribution < -0.4 is 4.90 Å². The maximum atomic E-state index is 14.0. The van der Waals surface area contributed by atoms with Gasteiger partial charge < -0.3 is 14.9 Å². The highest BCUT2D eigenvalue weighted by molar-refractivity contribution is 5.53. The zero-order chi connectivity index (χ0) is 16.1. The van der Waals surface area contributed by atoms with E-state index in [-0.39, 0.29) is 17.9 Å². The average Bonchev–Trinajstić information content (AvgIpc) is 2.52. The molecule has 0 radical (unpaired) electrons. The third kappa shape index (κ3) is 3.73. The second kappa shape index (κ2) is 7.52. The third-order valence-corrected chi connectivity index (χ3v) is 4.22. The number of halogens is 2. The van der Waals surface area contributed by atoms with Gasteiger partial charge in [0.1, 0.15) is 5.69 Å². The van der Waals surface area contributed by atoms with Gasteiger partial charge in [0.25, 0.3) is 0 Å².